The zero-order chi connectivity index (χ0) is 13.1. The van der Waals surface area contributed by atoms with Crippen LogP contribution in [0.2, 0.25) is 0 Å². The minimum absolute atomic E-state index is 0.447. The highest BCUT2D eigenvalue weighted by atomic mass is 16.5. The average molecular weight is 245 g/mol. The van der Waals surface area contributed by atoms with Crippen LogP contribution in [0.15, 0.2) is 36.4 Å². The maximum absolute atomic E-state index is 9.75. The van der Waals surface area contributed by atoms with Crippen LogP contribution in [0, 0.1) is 0 Å². The molecule has 2 atom stereocenters. The topological polar surface area (TPSA) is 55.5 Å². The Morgan fingerprint density at radius 3 is 2.61 bits per heavy atom. The number of nitrogens with two attached hydrogens (primary N) is 1. The van der Waals surface area contributed by atoms with Gasteiger partial charge in [-0.3, -0.25) is 0 Å². The Kier molecular flexibility index (Phi) is 3.84. The van der Waals surface area contributed by atoms with E-state index in [0.29, 0.717) is 6.61 Å². The molecule has 0 saturated heterocycles. The SMILES string of the molecule is CCOc1ccc2ccccc2c1[C@H](N)[C@@H](C)O. The van der Waals surface area contributed by atoms with E-state index >= 15 is 0 Å². The van der Waals surface area contributed by atoms with Crippen molar-refractivity contribution < 1.29 is 9.84 Å². The van der Waals surface area contributed by atoms with Crippen LogP contribution in [0.5, 0.6) is 5.75 Å². The van der Waals surface area contributed by atoms with Crippen LogP contribution in [-0.4, -0.2) is 17.8 Å². The molecule has 0 fully saturated rings. The van der Waals surface area contributed by atoms with Crippen molar-refractivity contribution in [2.45, 2.75) is 26.0 Å². The van der Waals surface area contributed by atoms with Crippen molar-refractivity contribution >= 4 is 10.8 Å². The van der Waals surface area contributed by atoms with E-state index in [1.54, 1.807) is 6.92 Å². The quantitative estimate of drug-likeness (QED) is 0.870. The summed E-state index contributed by atoms with van der Waals surface area (Å²) in [5.74, 6) is 0.754. The monoisotopic (exact) mass is 245 g/mol. The first kappa shape index (κ1) is 12.9. The zero-order valence-corrected chi connectivity index (χ0v) is 10.8. The summed E-state index contributed by atoms with van der Waals surface area (Å²) in [7, 11) is 0. The number of hydrogen-bond acceptors (Lipinski definition) is 3. The second-order valence-corrected chi connectivity index (χ2v) is 4.40. The first-order chi connectivity index (χ1) is 8.65. The molecule has 18 heavy (non-hydrogen) atoms. The van der Waals surface area contributed by atoms with Gasteiger partial charge >= 0.3 is 0 Å². The fourth-order valence-electron chi connectivity index (χ4n) is 2.14. The van der Waals surface area contributed by atoms with E-state index in [2.05, 4.69) is 0 Å². The van der Waals surface area contributed by atoms with Crippen molar-refractivity contribution in [1.29, 1.82) is 0 Å². The third-order valence-electron chi connectivity index (χ3n) is 3.08. The molecule has 0 aliphatic rings. The lowest BCUT2D eigenvalue weighted by atomic mass is 9.95. The lowest BCUT2D eigenvalue weighted by molar-refractivity contribution is 0.162. The highest BCUT2D eigenvalue weighted by Gasteiger charge is 2.19. The summed E-state index contributed by atoms with van der Waals surface area (Å²) >= 11 is 0. The van der Waals surface area contributed by atoms with E-state index in [0.717, 1.165) is 22.1 Å². The van der Waals surface area contributed by atoms with Gasteiger partial charge in [0.2, 0.25) is 0 Å². The van der Waals surface area contributed by atoms with E-state index < -0.39 is 12.1 Å². The molecular weight excluding hydrogens is 226 g/mol. The minimum Gasteiger partial charge on any atom is -0.494 e. The summed E-state index contributed by atoms with van der Waals surface area (Å²) in [5, 5.41) is 11.9. The van der Waals surface area contributed by atoms with Crippen LogP contribution in [0.4, 0.5) is 0 Å². The fraction of sp³-hybridized carbons (Fsp3) is 0.333. The molecule has 0 aromatic heterocycles. The molecule has 0 spiro atoms. The molecule has 0 aliphatic heterocycles. The van der Waals surface area contributed by atoms with Crippen LogP contribution in [0.3, 0.4) is 0 Å². The molecule has 2 aromatic rings. The summed E-state index contributed by atoms with van der Waals surface area (Å²) in [6.07, 6.45) is -0.616. The van der Waals surface area contributed by atoms with Crippen molar-refractivity contribution in [2.24, 2.45) is 5.73 Å². The predicted octanol–water partition coefficient (Wildman–Crippen LogP) is 2.62. The Hall–Kier alpha value is -1.58. The molecule has 0 amide bonds. The predicted molar refractivity (Wildman–Crippen MR) is 73.7 cm³/mol. The first-order valence-corrected chi connectivity index (χ1v) is 6.23. The first-order valence-electron chi connectivity index (χ1n) is 6.23. The van der Waals surface area contributed by atoms with Gasteiger partial charge in [0.1, 0.15) is 5.75 Å². The van der Waals surface area contributed by atoms with E-state index in [1.807, 2.05) is 43.3 Å². The number of aliphatic hydroxyl groups excluding tert-OH is 1. The number of fused-ring (bicyclic) bond motifs is 1. The van der Waals surface area contributed by atoms with Crippen LogP contribution in [0.25, 0.3) is 10.8 Å². The highest BCUT2D eigenvalue weighted by Crippen LogP contribution is 2.33. The van der Waals surface area contributed by atoms with Gasteiger partial charge < -0.3 is 15.6 Å². The normalized spacial score (nSPS) is 14.4. The summed E-state index contributed by atoms with van der Waals surface area (Å²) in [6, 6.07) is 11.5. The van der Waals surface area contributed by atoms with Gasteiger partial charge in [-0.2, -0.15) is 0 Å². The zero-order valence-electron chi connectivity index (χ0n) is 10.8. The number of aliphatic hydroxyl groups is 1. The lowest BCUT2D eigenvalue weighted by Gasteiger charge is -2.21. The van der Waals surface area contributed by atoms with Gasteiger partial charge in [0.05, 0.1) is 18.8 Å². The Labute approximate surface area is 107 Å². The molecular formula is C15H19NO2. The molecule has 96 valence electrons. The largest absolute Gasteiger partial charge is 0.494 e. The van der Waals surface area contributed by atoms with Crippen LogP contribution < -0.4 is 10.5 Å². The summed E-state index contributed by atoms with van der Waals surface area (Å²) < 4.78 is 5.63. The van der Waals surface area contributed by atoms with Crippen molar-refractivity contribution in [3.05, 3.63) is 42.0 Å². The minimum atomic E-state index is -0.616. The van der Waals surface area contributed by atoms with Crippen LogP contribution in [-0.2, 0) is 0 Å². The molecule has 0 aliphatic carbocycles. The van der Waals surface area contributed by atoms with Gasteiger partial charge in [-0.25, -0.2) is 0 Å². The van der Waals surface area contributed by atoms with E-state index in [-0.39, 0.29) is 0 Å². The number of rotatable bonds is 4. The Morgan fingerprint density at radius 1 is 1.22 bits per heavy atom. The maximum atomic E-state index is 9.75. The number of hydrogen-bond donors (Lipinski definition) is 2. The third kappa shape index (κ3) is 2.33. The standard InChI is InChI=1S/C15H19NO2/c1-3-18-13-9-8-11-6-4-5-7-12(11)14(13)15(16)10(2)17/h4-10,15,17H,3,16H2,1-2H3/t10-,15-/m1/s1. The fourth-order valence-corrected chi connectivity index (χ4v) is 2.14. The second kappa shape index (κ2) is 5.38. The summed E-state index contributed by atoms with van der Waals surface area (Å²) in [6.45, 7) is 4.22. The van der Waals surface area contributed by atoms with Crippen LogP contribution >= 0.6 is 0 Å². The second-order valence-electron chi connectivity index (χ2n) is 4.40. The maximum Gasteiger partial charge on any atom is 0.124 e. The molecule has 0 heterocycles. The Balaban J connectivity index is 2.66. The molecule has 0 bridgehead atoms. The molecule has 2 rings (SSSR count). The molecule has 0 saturated carbocycles. The van der Waals surface area contributed by atoms with Crippen molar-refractivity contribution in [3.63, 3.8) is 0 Å². The lowest BCUT2D eigenvalue weighted by Crippen LogP contribution is -2.24. The smallest absolute Gasteiger partial charge is 0.124 e. The van der Waals surface area contributed by atoms with Crippen molar-refractivity contribution in [3.8, 4) is 5.75 Å². The van der Waals surface area contributed by atoms with Crippen molar-refractivity contribution in [1.82, 2.24) is 0 Å². The molecule has 0 unspecified atom stereocenters. The van der Waals surface area contributed by atoms with E-state index in [4.69, 9.17) is 10.5 Å². The van der Waals surface area contributed by atoms with Crippen molar-refractivity contribution in [2.75, 3.05) is 6.61 Å². The molecule has 3 heteroatoms. The molecule has 2 aromatic carbocycles. The van der Waals surface area contributed by atoms with E-state index in [1.165, 1.54) is 0 Å². The third-order valence-corrected chi connectivity index (χ3v) is 3.08. The van der Waals surface area contributed by atoms with Gasteiger partial charge in [0.15, 0.2) is 0 Å². The average Bonchev–Trinajstić information content (AvgIpc) is 2.38. The highest BCUT2D eigenvalue weighted by molar-refractivity contribution is 5.88. The molecule has 3 N–H and O–H groups in total. The summed E-state index contributed by atoms with van der Waals surface area (Å²) in [5.41, 5.74) is 6.98. The van der Waals surface area contributed by atoms with Crippen LogP contribution in [0.1, 0.15) is 25.5 Å². The number of ether oxygens (including phenoxy) is 1. The Bertz CT molecular complexity index is 537. The van der Waals surface area contributed by atoms with Gasteiger partial charge in [-0.1, -0.05) is 30.3 Å². The summed E-state index contributed by atoms with van der Waals surface area (Å²) in [4.78, 5) is 0. The van der Waals surface area contributed by atoms with Gasteiger partial charge in [0, 0.05) is 5.56 Å². The van der Waals surface area contributed by atoms with Gasteiger partial charge in [-0.15, -0.1) is 0 Å². The van der Waals surface area contributed by atoms with Gasteiger partial charge in [0.25, 0.3) is 0 Å². The van der Waals surface area contributed by atoms with E-state index in [9.17, 15) is 5.11 Å². The molecule has 0 radical (unpaired) electrons. The van der Waals surface area contributed by atoms with Gasteiger partial charge in [-0.05, 0) is 30.7 Å². The molecule has 3 nitrogen and oxygen atoms in total. The Morgan fingerprint density at radius 2 is 1.94 bits per heavy atom. The number of benzene rings is 2.